The molecule has 2 heterocycles. The highest BCUT2D eigenvalue weighted by atomic mass is 16.6. The van der Waals surface area contributed by atoms with E-state index in [2.05, 4.69) is 11.9 Å². The van der Waals surface area contributed by atoms with Crippen LogP contribution in [-0.4, -0.2) is 40.3 Å². The van der Waals surface area contributed by atoms with Crippen molar-refractivity contribution in [1.82, 2.24) is 9.88 Å². The van der Waals surface area contributed by atoms with Crippen LogP contribution in [0.2, 0.25) is 0 Å². The molecule has 0 atom stereocenters. The zero-order valence-electron chi connectivity index (χ0n) is 15.1. The van der Waals surface area contributed by atoms with Crippen molar-refractivity contribution in [3.63, 3.8) is 0 Å². The van der Waals surface area contributed by atoms with Crippen LogP contribution in [0.3, 0.4) is 0 Å². The largest absolute Gasteiger partial charge is 0.444 e. The van der Waals surface area contributed by atoms with Gasteiger partial charge in [0.2, 0.25) is 5.89 Å². The van der Waals surface area contributed by atoms with Gasteiger partial charge in [0.25, 0.3) is 0 Å². The third-order valence-electron chi connectivity index (χ3n) is 4.09. The third kappa shape index (κ3) is 4.96. The summed E-state index contributed by atoms with van der Waals surface area (Å²) in [6.45, 7) is 13.1. The maximum atomic E-state index is 12.1. The summed E-state index contributed by atoms with van der Waals surface area (Å²) < 4.78 is 17.0. The number of aryl methyl sites for hydroxylation is 2. The van der Waals surface area contributed by atoms with Gasteiger partial charge < -0.3 is 18.8 Å². The molecule has 6 nitrogen and oxygen atoms in total. The second-order valence-corrected chi connectivity index (χ2v) is 7.46. The van der Waals surface area contributed by atoms with Gasteiger partial charge in [0.05, 0.1) is 11.3 Å². The summed E-state index contributed by atoms with van der Waals surface area (Å²) in [5, 5.41) is 0. The van der Waals surface area contributed by atoms with Gasteiger partial charge >= 0.3 is 6.09 Å². The predicted octanol–water partition coefficient (Wildman–Crippen LogP) is 3.60. The fourth-order valence-electron chi connectivity index (χ4n) is 2.47. The van der Waals surface area contributed by atoms with Gasteiger partial charge in [-0.3, -0.25) is 0 Å². The molecule has 0 unspecified atom stereocenters. The lowest BCUT2D eigenvalue weighted by Crippen LogP contribution is -2.47. The summed E-state index contributed by atoms with van der Waals surface area (Å²) in [7, 11) is 0. The van der Waals surface area contributed by atoms with Crippen LogP contribution >= 0.6 is 0 Å². The van der Waals surface area contributed by atoms with E-state index in [1.165, 1.54) is 0 Å². The van der Waals surface area contributed by atoms with Gasteiger partial charge in [-0.15, -0.1) is 0 Å². The van der Waals surface area contributed by atoms with E-state index in [-0.39, 0.29) is 11.7 Å². The number of piperidine rings is 1. The smallest absolute Gasteiger partial charge is 0.410 e. The van der Waals surface area contributed by atoms with Gasteiger partial charge in [0.1, 0.15) is 18.0 Å². The van der Waals surface area contributed by atoms with Crippen molar-refractivity contribution in [2.75, 3.05) is 13.1 Å². The van der Waals surface area contributed by atoms with E-state index in [1.807, 2.05) is 34.6 Å². The Morgan fingerprint density at radius 3 is 2.39 bits per heavy atom. The molecule has 6 heteroatoms. The first kappa shape index (κ1) is 17.8. The van der Waals surface area contributed by atoms with Gasteiger partial charge in [-0.2, -0.15) is 0 Å². The summed E-state index contributed by atoms with van der Waals surface area (Å²) in [4.78, 5) is 18.2. The van der Waals surface area contributed by atoms with Crippen LogP contribution in [0.5, 0.6) is 0 Å². The van der Waals surface area contributed by atoms with Crippen LogP contribution in [-0.2, 0) is 16.1 Å². The highest BCUT2D eigenvalue weighted by molar-refractivity contribution is 5.68. The Morgan fingerprint density at radius 1 is 1.30 bits per heavy atom. The molecule has 0 spiro atoms. The molecule has 130 valence electrons. The van der Waals surface area contributed by atoms with E-state index < -0.39 is 5.60 Å². The number of aromatic nitrogens is 1. The number of oxazole rings is 1. The molecule has 0 aromatic carbocycles. The number of hydrogen-bond acceptors (Lipinski definition) is 5. The molecule has 0 aliphatic carbocycles. The highest BCUT2D eigenvalue weighted by Gasteiger charge is 2.34. The lowest BCUT2D eigenvalue weighted by atomic mass is 9.93. The lowest BCUT2D eigenvalue weighted by molar-refractivity contribution is -0.0868. The molecule has 23 heavy (non-hydrogen) atoms. The Kier molecular flexibility index (Phi) is 5.04. The molecule has 1 aromatic heterocycles. The quantitative estimate of drug-likeness (QED) is 0.850. The standard InChI is InChI=1S/C17H28N2O4/c1-12-13(2)22-14(18-12)11-21-17(6)7-9-19(10-8-17)15(20)23-16(3,4)5/h7-11H2,1-6H3. The van der Waals surface area contributed by atoms with E-state index >= 15 is 0 Å². The number of nitrogens with zero attached hydrogens (tertiary/aromatic N) is 2. The van der Waals surface area contributed by atoms with Crippen LogP contribution in [0.25, 0.3) is 0 Å². The van der Waals surface area contributed by atoms with Crippen molar-refractivity contribution in [3.8, 4) is 0 Å². The normalized spacial score (nSPS) is 18.1. The molecule has 0 radical (unpaired) electrons. The maximum absolute atomic E-state index is 12.1. The first-order chi connectivity index (χ1) is 10.6. The SMILES string of the molecule is Cc1nc(COC2(C)CCN(C(=O)OC(C)(C)C)CC2)oc1C. The minimum atomic E-state index is -0.463. The Morgan fingerprint density at radius 2 is 1.91 bits per heavy atom. The van der Waals surface area contributed by atoms with Crippen LogP contribution in [0.4, 0.5) is 4.79 Å². The third-order valence-corrected chi connectivity index (χ3v) is 4.09. The van der Waals surface area contributed by atoms with E-state index in [0.717, 1.165) is 24.3 Å². The van der Waals surface area contributed by atoms with Crippen LogP contribution in [0.1, 0.15) is 57.9 Å². The average molecular weight is 324 g/mol. The minimum Gasteiger partial charge on any atom is -0.444 e. The van der Waals surface area contributed by atoms with Crippen molar-refractivity contribution in [2.45, 2.75) is 72.2 Å². The lowest BCUT2D eigenvalue weighted by Gasteiger charge is -2.39. The van der Waals surface area contributed by atoms with E-state index in [1.54, 1.807) is 4.90 Å². The minimum absolute atomic E-state index is 0.251. The fourth-order valence-corrected chi connectivity index (χ4v) is 2.47. The van der Waals surface area contributed by atoms with E-state index in [4.69, 9.17) is 13.9 Å². The molecule has 1 aromatic rings. The summed E-state index contributed by atoms with van der Waals surface area (Å²) in [6.07, 6.45) is 1.29. The highest BCUT2D eigenvalue weighted by Crippen LogP contribution is 2.28. The monoisotopic (exact) mass is 324 g/mol. The van der Waals surface area contributed by atoms with Gasteiger partial charge in [-0.1, -0.05) is 0 Å². The number of amides is 1. The van der Waals surface area contributed by atoms with Crippen LogP contribution in [0, 0.1) is 13.8 Å². The number of ether oxygens (including phenoxy) is 2. The molecule has 1 saturated heterocycles. The molecule has 1 amide bonds. The van der Waals surface area contributed by atoms with E-state index in [0.29, 0.717) is 25.6 Å². The Labute approximate surface area is 138 Å². The number of carbonyl (C=O) groups excluding carboxylic acids is 1. The predicted molar refractivity (Wildman–Crippen MR) is 86.2 cm³/mol. The first-order valence-electron chi connectivity index (χ1n) is 8.13. The summed E-state index contributed by atoms with van der Waals surface area (Å²) in [5.41, 5.74) is 0.164. The zero-order chi connectivity index (χ0) is 17.3. The van der Waals surface area contributed by atoms with Gasteiger partial charge in [-0.05, 0) is 54.4 Å². The topological polar surface area (TPSA) is 64.8 Å². The molecule has 0 bridgehead atoms. The second-order valence-electron chi connectivity index (χ2n) is 7.46. The van der Waals surface area contributed by atoms with Crippen LogP contribution in [0.15, 0.2) is 4.42 Å². The molecule has 0 N–H and O–H groups in total. The molecular formula is C17H28N2O4. The van der Waals surface area contributed by atoms with Crippen molar-refractivity contribution >= 4 is 6.09 Å². The fraction of sp³-hybridized carbons (Fsp3) is 0.765. The Balaban J connectivity index is 1.83. The van der Waals surface area contributed by atoms with E-state index in [9.17, 15) is 4.79 Å². The van der Waals surface area contributed by atoms with Gasteiger partial charge in [0, 0.05) is 13.1 Å². The molecule has 2 rings (SSSR count). The molecular weight excluding hydrogens is 296 g/mol. The van der Waals surface area contributed by atoms with Crippen molar-refractivity contribution < 1.29 is 18.7 Å². The number of carbonyl (C=O) groups is 1. The summed E-state index contributed by atoms with van der Waals surface area (Å²) >= 11 is 0. The number of rotatable bonds is 3. The van der Waals surface area contributed by atoms with Crippen molar-refractivity contribution in [3.05, 3.63) is 17.3 Å². The number of hydrogen-bond donors (Lipinski definition) is 0. The second kappa shape index (κ2) is 6.51. The van der Waals surface area contributed by atoms with Crippen molar-refractivity contribution in [2.24, 2.45) is 0 Å². The molecule has 1 fully saturated rings. The first-order valence-corrected chi connectivity index (χ1v) is 8.13. The van der Waals surface area contributed by atoms with Crippen molar-refractivity contribution in [1.29, 1.82) is 0 Å². The molecule has 1 aliphatic rings. The summed E-state index contributed by atoms with van der Waals surface area (Å²) in [5.74, 6) is 1.43. The van der Waals surface area contributed by atoms with Gasteiger partial charge in [-0.25, -0.2) is 9.78 Å². The summed E-state index contributed by atoms with van der Waals surface area (Å²) in [6, 6.07) is 0. The van der Waals surface area contributed by atoms with Gasteiger partial charge in [0.15, 0.2) is 0 Å². The maximum Gasteiger partial charge on any atom is 0.410 e. The average Bonchev–Trinajstić information content (AvgIpc) is 2.75. The molecule has 0 saturated carbocycles. The Bertz CT molecular complexity index is 532. The molecule has 1 aliphatic heterocycles. The zero-order valence-corrected chi connectivity index (χ0v) is 15.1. The Hall–Kier alpha value is -1.56. The number of likely N-dealkylation sites (tertiary alicyclic amines) is 1. The van der Waals surface area contributed by atoms with Crippen LogP contribution < -0.4 is 0 Å².